The van der Waals surface area contributed by atoms with Gasteiger partial charge in [-0.3, -0.25) is 4.79 Å². The smallest absolute Gasteiger partial charge is 0.232 e. The zero-order chi connectivity index (χ0) is 16.9. The Kier molecular flexibility index (Phi) is 5.68. The monoisotopic (exact) mass is 407 g/mol. The summed E-state index contributed by atoms with van der Waals surface area (Å²) in [6.07, 6.45) is 0. The van der Waals surface area contributed by atoms with E-state index in [1.807, 2.05) is 49.5 Å². The predicted molar refractivity (Wildman–Crippen MR) is 98.8 cm³/mol. The van der Waals surface area contributed by atoms with Gasteiger partial charge < -0.3 is 14.4 Å². The number of fused-ring (bicyclic) bond motifs is 1. The number of hydrogen-bond acceptors (Lipinski definition) is 4. The second-order valence-electron chi connectivity index (χ2n) is 5.44. The summed E-state index contributed by atoms with van der Waals surface area (Å²) >= 11 is 5.02. The lowest BCUT2D eigenvalue weighted by Gasteiger charge is -2.19. The number of nitrogens with zero attached hydrogens (tertiary/aromatic N) is 1. The zero-order valence-corrected chi connectivity index (χ0v) is 15.7. The van der Waals surface area contributed by atoms with Crippen LogP contribution in [0, 0.1) is 0 Å². The number of thioether (sulfide) groups is 1. The van der Waals surface area contributed by atoms with Crippen LogP contribution in [0.4, 0.5) is 0 Å². The highest BCUT2D eigenvalue weighted by Gasteiger charge is 2.14. The summed E-state index contributed by atoms with van der Waals surface area (Å²) in [7, 11) is 1.83. The van der Waals surface area contributed by atoms with Gasteiger partial charge in [-0.25, -0.2) is 0 Å². The average molecular weight is 408 g/mol. The maximum Gasteiger partial charge on any atom is 0.232 e. The molecule has 24 heavy (non-hydrogen) atoms. The molecule has 2 aromatic carbocycles. The van der Waals surface area contributed by atoms with Crippen LogP contribution in [0.3, 0.4) is 0 Å². The van der Waals surface area contributed by atoms with Crippen molar-refractivity contribution in [2.75, 3.05) is 26.0 Å². The van der Waals surface area contributed by atoms with E-state index < -0.39 is 0 Å². The molecule has 0 atom stereocenters. The quantitative estimate of drug-likeness (QED) is 0.702. The van der Waals surface area contributed by atoms with Crippen LogP contribution in [-0.4, -0.2) is 36.8 Å². The number of halogens is 1. The molecular weight excluding hydrogens is 390 g/mol. The fraction of sp³-hybridized carbons (Fsp3) is 0.278. The third kappa shape index (κ3) is 4.24. The Bertz CT molecular complexity index is 738. The summed E-state index contributed by atoms with van der Waals surface area (Å²) in [6, 6.07) is 13.7. The summed E-state index contributed by atoms with van der Waals surface area (Å²) in [4.78, 5) is 15.1. The lowest BCUT2D eigenvalue weighted by molar-refractivity contribution is -0.127. The highest BCUT2D eigenvalue weighted by atomic mass is 79.9. The molecule has 3 rings (SSSR count). The Morgan fingerprint density at radius 3 is 2.71 bits per heavy atom. The Morgan fingerprint density at radius 1 is 1.17 bits per heavy atom. The third-order valence-corrected chi connectivity index (χ3v) is 5.42. The molecule has 1 amide bonds. The maximum absolute atomic E-state index is 12.4. The molecular formula is C18H18BrNO3S. The van der Waals surface area contributed by atoms with E-state index in [1.54, 1.807) is 4.90 Å². The molecule has 0 bridgehead atoms. The molecule has 1 heterocycles. The number of ether oxygens (including phenoxy) is 2. The SMILES string of the molecule is CN(Cc1ccccc1Br)C(=O)CSc1ccc2c(c1)OCCO2. The molecule has 0 spiro atoms. The van der Waals surface area contributed by atoms with Crippen molar-refractivity contribution in [3.05, 3.63) is 52.5 Å². The van der Waals surface area contributed by atoms with Gasteiger partial charge in [-0.05, 0) is 29.8 Å². The van der Waals surface area contributed by atoms with Gasteiger partial charge in [-0.1, -0.05) is 34.1 Å². The first kappa shape index (κ1) is 17.2. The van der Waals surface area contributed by atoms with E-state index in [9.17, 15) is 4.79 Å². The molecule has 1 aliphatic rings. The summed E-state index contributed by atoms with van der Waals surface area (Å²) in [5.74, 6) is 1.99. The van der Waals surface area contributed by atoms with Crippen molar-refractivity contribution in [3.63, 3.8) is 0 Å². The minimum absolute atomic E-state index is 0.0886. The number of carbonyl (C=O) groups is 1. The van der Waals surface area contributed by atoms with Crippen LogP contribution < -0.4 is 9.47 Å². The third-order valence-electron chi connectivity index (χ3n) is 3.67. The molecule has 126 valence electrons. The van der Waals surface area contributed by atoms with Crippen LogP contribution in [-0.2, 0) is 11.3 Å². The molecule has 0 aromatic heterocycles. The van der Waals surface area contributed by atoms with Gasteiger partial charge in [-0.15, -0.1) is 11.8 Å². The van der Waals surface area contributed by atoms with Crippen molar-refractivity contribution in [1.29, 1.82) is 0 Å². The molecule has 0 radical (unpaired) electrons. The van der Waals surface area contributed by atoms with E-state index in [0.29, 0.717) is 25.5 Å². The zero-order valence-electron chi connectivity index (χ0n) is 13.3. The number of amides is 1. The Balaban J connectivity index is 1.56. The van der Waals surface area contributed by atoms with Gasteiger partial charge in [-0.2, -0.15) is 0 Å². The lowest BCUT2D eigenvalue weighted by Crippen LogP contribution is -2.27. The van der Waals surface area contributed by atoms with Crippen LogP contribution in [0.5, 0.6) is 11.5 Å². The van der Waals surface area contributed by atoms with E-state index >= 15 is 0 Å². The average Bonchev–Trinajstić information content (AvgIpc) is 2.61. The molecule has 1 aliphatic heterocycles. The van der Waals surface area contributed by atoms with Crippen molar-refractivity contribution >= 4 is 33.6 Å². The summed E-state index contributed by atoms with van der Waals surface area (Å²) in [5.41, 5.74) is 1.10. The van der Waals surface area contributed by atoms with Gasteiger partial charge in [0.2, 0.25) is 5.91 Å². The summed E-state index contributed by atoms with van der Waals surface area (Å²) in [6.45, 7) is 1.73. The largest absolute Gasteiger partial charge is 0.486 e. The van der Waals surface area contributed by atoms with Gasteiger partial charge >= 0.3 is 0 Å². The lowest BCUT2D eigenvalue weighted by atomic mass is 10.2. The molecule has 0 unspecified atom stereocenters. The van der Waals surface area contributed by atoms with Gasteiger partial charge in [0, 0.05) is 23.0 Å². The minimum atomic E-state index is 0.0886. The summed E-state index contributed by atoms with van der Waals surface area (Å²) in [5, 5.41) is 0. The normalized spacial score (nSPS) is 12.8. The van der Waals surface area contributed by atoms with Gasteiger partial charge in [0.05, 0.1) is 5.75 Å². The number of carbonyl (C=O) groups excluding carboxylic acids is 1. The topological polar surface area (TPSA) is 38.8 Å². The Hall–Kier alpha value is -1.66. The van der Waals surface area contributed by atoms with Crippen LogP contribution >= 0.6 is 27.7 Å². The van der Waals surface area contributed by atoms with Crippen LogP contribution in [0.2, 0.25) is 0 Å². The standard InChI is InChI=1S/C18H18BrNO3S/c1-20(11-13-4-2-3-5-15(13)19)18(21)12-24-14-6-7-16-17(10-14)23-9-8-22-16/h2-7,10H,8-9,11-12H2,1H3. The fourth-order valence-electron chi connectivity index (χ4n) is 2.34. The summed E-state index contributed by atoms with van der Waals surface area (Å²) < 4.78 is 12.1. The van der Waals surface area contributed by atoms with Crippen molar-refractivity contribution < 1.29 is 14.3 Å². The van der Waals surface area contributed by atoms with Gasteiger partial charge in [0.15, 0.2) is 11.5 Å². The number of hydrogen-bond donors (Lipinski definition) is 0. The van der Waals surface area contributed by atoms with Gasteiger partial charge in [0.25, 0.3) is 0 Å². The second kappa shape index (κ2) is 7.94. The molecule has 0 aliphatic carbocycles. The first-order chi connectivity index (χ1) is 11.6. The Labute approximate surface area is 154 Å². The predicted octanol–water partition coefficient (Wildman–Crippen LogP) is 3.97. The molecule has 0 N–H and O–H groups in total. The second-order valence-corrected chi connectivity index (χ2v) is 7.34. The van der Waals surface area contributed by atoms with Crippen LogP contribution in [0.25, 0.3) is 0 Å². The van der Waals surface area contributed by atoms with E-state index in [2.05, 4.69) is 15.9 Å². The van der Waals surface area contributed by atoms with Crippen molar-refractivity contribution in [3.8, 4) is 11.5 Å². The highest BCUT2D eigenvalue weighted by molar-refractivity contribution is 9.10. The first-order valence-corrected chi connectivity index (χ1v) is 9.41. The molecule has 0 saturated carbocycles. The Morgan fingerprint density at radius 2 is 1.92 bits per heavy atom. The van der Waals surface area contributed by atoms with E-state index in [1.165, 1.54) is 11.8 Å². The minimum Gasteiger partial charge on any atom is -0.486 e. The van der Waals surface area contributed by atoms with Gasteiger partial charge in [0.1, 0.15) is 13.2 Å². The van der Waals surface area contributed by atoms with E-state index in [-0.39, 0.29) is 5.91 Å². The van der Waals surface area contributed by atoms with Crippen molar-refractivity contribution in [2.45, 2.75) is 11.4 Å². The molecule has 2 aromatic rings. The number of rotatable bonds is 5. The molecule has 0 fully saturated rings. The molecule has 6 heteroatoms. The molecule has 4 nitrogen and oxygen atoms in total. The number of benzene rings is 2. The van der Waals surface area contributed by atoms with Crippen molar-refractivity contribution in [2.24, 2.45) is 0 Å². The highest BCUT2D eigenvalue weighted by Crippen LogP contribution is 2.34. The van der Waals surface area contributed by atoms with E-state index in [4.69, 9.17) is 9.47 Å². The molecule has 0 saturated heterocycles. The van der Waals surface area contributed by atoms with E-state index in [0.717, 1.165) is 26.4 Å². The van der Waals surface area contributed by atoms with Crippen LogP contribution in [0.15, 0.2) is 51.8 Å². The van der Waals surface area contributed by atoms with Crippen LogP contribution in [0.1, 0.15) is 5.56 Å². The first-order valence-electron chi connectivity index (χ1n) is 7.63. The maximum atomic E-state index is 12.4. The van der Waals surface area contributed by atoms with Crippen molar-refractivity contribution in [1.82, 2.24) is 4.90 Å². The fourth-order valence-corrected chi connectivity index (χ4v) is 3.61.